The van der Waals surface area contributed by atoms with Crippen LogP contribution in [0.1, 0.15) is 39.3 Å². The van der Waals surface area contributed by atoms with Crippen molar-refractivity contribution < 1.29 is 9.53 Å². The average Bonchev–Trinajstić information content (AvgIpc) is 3.14. The van der Waals surface area contributed by atoms with Gasteiger partial charge in [-0.15, -0.1) is 0 Å². The second-order valence-electron chi connectivity index (χ2n) is 6.16. The summed E-state index contributed by atoms with van der Waals surface area (Å²) >= 11 is 0. The first-order valence-corrected chi connectivity index (χ1v) is 6.79. The molecule has 0 spiro atoms. The van der Waals surface area contributed by atoms with E-state index in [1.165, 1.54) is 6.33 Å². The number of anilines is 1. The van der Waals surface area contributed by atoms with Crippen LogP contribution in [0.25, 0.3) is 0 Å². The van der Waals surface area contributed by atoms with E-state index in [1.807, 2.05) is 26.8 Å². The third-order valence-electron chi connectivity index (χ3n) is 3.01. The lowest BCUT2D eigenvalue weighted by atomic mass is 10.2. The lowest BCUT2D eigenvalue weighted by molar-refractivity contribution is 0.0500. The first kappa shape index (κ1) is 15.0. The Kier molecular flexibility index (Phi) is 3.98. The van der Waals surface area contributed by atoms with E-state index in [0.29, 0.717) is 18.1 Å². The van der Waals surface area contributed by atoms with Gasteiger partial charge in [-0.1, -0.05) is 0 Å². The summed E-state index contributed by atoms with van der Waals surface area (Å²) < 4.78 is 5.26. The molecule has 112 valence electrons. The molecule has 21 heavy (non-hydrogen) atoms. The van der Waals surface area contributed by atoms with E-state index >= 15 is 0 Å². The molecule has 7 heteroatoms. The van der Waals surface area contributed by atoms with E-state index in [4.69, 9.17) is 10.00 Å². The molecule has 0 saturated heterocycles. The summed E-state index contributed by atoms with van der Waals surface area (Å²) in [4.78, 5) is 19.6. The van der Waals surface area contributed by atoms with Crippen LogP contribution in [-0.4, -0.2) is 33.7 Å². The van der Waals surface area contributed by atoms with Crippen molar-refractivity contribution >= 4 is 11.9 Å². The quantitative estimate of drug-likeness (QED) is 0.877. The van der Waals surface area contributed by atoms with Gasteiger partial charge in [-0.25, -0.2) is 14.8 Å². The molecule has 0 aliphatic heterocycles. The SMILES string of the molecule is CC(C)(C)OC(=O)NC1(CNc2cc(C#N)ncn2)CC1. The van der Waals surface area contributed by atoms with Crippen LogP contribution in [0.2, 0.25) is 0 Å². The molecule has 1 aliphatic rings. The molecule has 1 amide bonds. The Morgan fingerprint density at radius 3 is 2.76 bits per heavy atom. The van der Waals surface area contributed by atoms with Crippen LogP contribution in [-0.2, 0) is 4.74 Å². The van der Waals surface area contributed by atoms with Crippen molar-refractivity contribution in [1.82, 2.24) is 15.3 Å². The number of nitrogens with zero attached hydrogens (tertiary/aromatic N) is 3. The summed E-state index contributed by atoms with van der Waals surface area (Å²) in [6, 6.07) is 3.53. The molecule has 1 aliphatic carbocycles. The standard InChI is InChI=1S/C14H19N5O2/c1-13(2,3)21-12(20)19-14(4-5-14)8-16-11-6-10(7-15)17-9-18-11/h6,9H,4-5,8H2,1-3H3,(H,19,20)(H,16,17,18). The van der Waals surface area contributed by atoms with Crippen LogP contribution in [0.5, 0.6) is 0 Å². The second-order valence-corrected chi connectivity index (χ2v) is 6.16. The minimum atomic E-state index is -0.512. The van der Waals surface area contributed by atoms with Crippen molar-refractivity contribution in [3.8, 4) is 6.07 Å². The number of amides is 1. The molecule has 1 aromatic rings. The fraction of sp³-hybridized carbons (Fsp3) is 0.571. The minimum absolute atomic E-state index is 0.292. The van der Waals surface area contributed by atoms with Crippen LogP contribution in [0.3, 0.4) is 0 Å². The van der Waals surface area contributed by atoms with Crippen molar-refractivity contribution in [1.29, 1.82) is 5.26 Å². The van der Waals surface area contributed by atoms with E-state index in [2.05, 4.69) is 20.6 Å². The Morgan fingerprint density at radius 2 is 2.19 bits per heavy atom. The number of hydrogen-bond acceptors (Lipinski definition) is 6. The molecule has 0 aromatic carbocycles. The molecular formula is C14H19N5O2. The second kappa shape index (κ2) is 5.56. The maximum atomic E-state index is 11.8. The topological polar surface area (TPSA) is 99.9 Å². The number of carbonyl (C=O) groups is 1. The van der Waals surface area contributed by atoms with Crippen LogP contribution in [0.15, 0.2) is 12.4 Å². The number of nitriles is 1. The highest BCUT2D eigenvalue weighted by Crippen LogP contribution is 2.35. The highest BCUT2D eigenvalue weighted by Gasteiger charge is 2.44. The Bertz CT molecular complexity index is 569. The first-order chi connectivity index (χ1) is 9.82. The van der Waals surface area contributed by atoms with Crippen molar-refractivity contribution in [3.63, 3.8) is 0 Å². The predicted molar refractivity (Wildman–Crippen MR) is 76.6 cm³/mol. The molecule has 7 nitrogen and oxygen atoms in total. The van der Waals surface area contributed by atoms with E-state index in [-0.39, 0.29) is 5.54 Å². The molecular weight excluding hydrogens is 270 g/mol. The zero-order chi connectivity index (χ0) is 15.5. The minimum Gasteiger partial charge on any atom is -0.444 e. The van der Waals surface area contributed by atoms with Crippen LogP contribution in [0.4, 0.5) is 10.6 Å². The van der Waals surface area contributed by atoms with Crippen molar-refractivity contribution in [2.45, 2.75) is 44.8 Å². The fourth-order valence-corrected chi connectivity index (χ4v) is 1.79. The van der Waals surface area contributed by atoms with Crippen molar-refractivity contribution in [2.24, 2.45) is 0 Å². The van der Waals surface area contributed by atoms with Gasteiger partial charge in [-0.3, -0.25) is 0 Å². The summed E-state index contributed by atoms with van der Waals surface area (Å²) in [5, 5.41) is 14.8. The van der Waals surface area contributed by atoms with Gasteiger partial charge >= 0.3 is 6.09 Å². The van der Waals surface area contributed by atoms with E-state index in [9.17, 15) is 4.79 Å². The highest BCUT2D eigenvalue weighted by molar-refractivity contribution is 5.69. The normalized spacial score (nSPS) is 15.7. The third kappa shape index (κ3) is 4.60. The van der Waals surface area contributed by atoms with Crippen molar-refractivity contribution in [2.75, 3.05) is 11.9 Å². The van der Waals surface area contributed by atoms with Gasteiger partial charge in [0.05, 0.1) is 5.54 Å². The third-order valence-corrected chi connectivity index (χ3v) is 3.01. The zero-order valence-electron chi connectivity index (χ0n) is 12.4. The molecule has 0 radical (unpaired) electrons. The molecule has 2 rings (SSSR count). The largest absolute Gasteiger partial charge is 0.444 e. The Morgan fingerprint density at radius 1 is 1.48 bits per heavy atom. The molecule has 0 unspecified atom stereocenters. The van der Waals surface area contributed by atoms with E-state index < -0.39 is 11.7 Å². The lowest BCUT2D eigenvalue weighted by Gasteiger charge is -2.23. The first-order valence-electron chi connectivity index (χ1n) is 6.79. The maximum absolute atomic E-state index is 11.8. The molecule has 2 N–H and O–H groups in total. The van der Waals surface area contributed by atoms with E-state index in [1.54, 1.807) is 6.07 Å². The molecule has 1 heterocycles. The van der Waals surface area contributed by atoms with Gasteiger partial charge in [0.25, 0.3) is 0 Å². The van der Waals surface area contributed by atoms with Crippen LogP contribution in [0, 0.1) is 11.3 Å². The van der Waals surface area contributed by atoms with Gasteiger partial charge in [-0.2, -0.15) is 5.26 Å². The van der Waals surface area contributed by atoms with Gasteiger partial charge in [0, 0.05) is 12.6 Å². The number of alkyl carbamates (subject to hydrolysis) is 1. The highest BCUT2D eigenvalue weighted by atomic mass is 16.6. The van der Waals surface area contributed by atoms with Crippen LogP contribution >= 0.6 is 0 Å². The van der Waals surface area contributed by atoms with Gasteiger partial charge in [-0.05, 0) is 33.6 Å². The zero-order valence-corrected chi connectivity index (χ0v) is 12.4. The maximum Gasteiger partial charge on any atom is 0.408 e. The van der Waals surface area contributed by atoms with Gasteiger partial charge in [0.2, 0.25) is 0 Å². The Labute approximate surface area is 123 Å². The van der Waals surface area contributed by atoms with Gasteiger partial charge in [0.15, 0.2) is 0 Å². The number of hydrogen-bond donors (Lipinski definition) is 2. The lowest BCUT2D eigenvalue weighted by Crippen LogP contribution is -2.44. The summed E-state index contributed by atoms with van der Waals surface area (Å²) in [6.07, 6.45) is 2.69. The molecule has 0 atom stereocenters. The number of nitrogens with one attached hydrogen (secondary N) is 2. The summed E-state index contributed by atoms with van der Waals surface area (Å²) in [5.41, 5.74) is -0.500. The molecule has 1 aromatic heterocycles. The molecule has 1 fully saturated rings. The Balaban J connectivity index is 1.88. The van der Waals surface area contributed by atoms with Crippen LogP contribution < -0.4 is 10.6 Å². The average molecular weight is 289 g/mol. The van der Waals surface area contributed by atoms with Gasteiger partial charge < -0.3 is 15.4 Å². The summed E-state index contributed by atoms with van der Waals surface area (Å²) in [5.74, 6) is 0.568. The van der Waals surface area contributed by atoms with E-state index in [0.717, 1.165) is 12.8 Å². The Hall–Kier alpha value is -2.36. The molecule has 1 saturated carbocycles. The van der Waals surface area contributed by atoms with Crippen molar-refractivity contribution in [3.05, 3.63) is 18.1 Å². The summed E-state index contributed by atoms with van der Waals surface area (Å²) in [7, 11) is 0. The number of carbonyl (C=O) groups excluding carboxylic acids is 1. The smallest absolute Gasteiger partial charge is 0.408 e. The molecule has 0 bridgehead atoms. The summed E-state index contributed by atoms with van der Waals surface area (Å²) in [6.45, 7) is 6.02. The van der Waals surface area contributed by atoms with Gasteiger partial charge in [0.1, 0.15) is 29.5 Å². The number of rotatable bonds is 4. The number of ether oxygens (including phenoxy) is 1. The number of aromatic nitrogens is 2. The predicted octanol–water partition coefficient (Wildman–Crippen LogP) is 1.82. The fourth-order valence-electron chi connectivity index (χ4n) is 1.79. The monoisotopic (exact) mass is 289 g/mol.